The van der Waals surface area contributed by atoms with Gasteiger partial charge < -0.3 is 15.7 Å². The number of aromatic nitrogens is 1. The Bertz CT molecular complexity index is 1330. The lowest BCUT2D eigenvalue weighted by atomic mass is 10.0. The molecule has 0 saturated heterocycles. The van der Waals surface area contributed by atoms with Crippen LogP contribution in [0.15, 0.2) is 42.6 Å². The minimum atomic E-state index is -4.83. The number of nitrogens with one attached hydrogen (secondary N) is 2. The molecule has 2 amide bonds. The second kappa shape index (κ2) is 10.9. The third-order valence-electron chi connectivity index (χ3n) is 5.84. The lowest BCUT2D eigenvalue weighted by molar-refractivity contribution is -0.137. The molecule has 2 heterocycles. The van der Waals surface area contributed by atoms with E-state index in [1.54, 1.807) is 0 Å². The lowest BCUT2D eigenvalue weighted by Gasteiger charge is -2.29. The summed E-state index contributed by atoms with van der Waals surface area (Å²) < 4.78 is 86.0. The molecular formula is C25H23F6N5O2. The van der Waals surface area contributed by atoms with Gasteiger partial charge in [-0.25, -0.2) is 22.9 Å². The van der Waals surface area contributed by atoms with Crippen molar-refractivity contribution in [3.05, 3.63) is 65.6 Å². The van der Waals surface area contributed by atoms with E-state index in [1.807, 2.05) is 0 Å². The zero-order chi connectivity index (χ0) is 27.6. The van der Waals surface area contributed by atoms with Crippen molar-refractivity contribution in [3.63, 3.8) is 0 Å². The van der Waals surface area contributed by atoms with Gasteiger partial charge in [0, 0.05) is 43.0 Å². The van der Waals surface area contributed by atoms with Crippen LogP contribution in [-0.2, 0) is 6.18 Å². The minimum Gasteiger partial charge on any atom is -0.395 e. The predicted molar refractivity (Wildman–Crippen MR) is 130 cm³/mol. The number of rotatable bonds is 8. The predicted octanol–water partition coefficient (Wildman–Crippen LogP) is 5.28. The smallest absolute Gasteiger partial charge is 0.395 e. The maximum absolute atomic E-state index is 15.4. The highest BCUT2D eigenvalue weighted by atomic mass is 19.4. The molecule has 0 bridgehead atoms. The van der Waals surface area contributed by atoms with Gasteiger partial charge in [-0.1, -0.05) is 6.07 Å². The number of hydrogen-bond donors (Lipinski definition) is 3. The highest BCUT2D eigenvalue weighted by Crippen LogP contribution is 2.46. The van der Waals surface area contributed by atoms with E-state index in [4.69, 9.17) is 5.11 Å². The van der Waals surface area contributed by atoms with Crippen molar-refractivity contribution in [3.8, 4) is 11.1 Å². The SMILES string of the molecule is CCN1C(=O)N(c2c(F)cc(NCCNCCO)cc2F)c2cc(C(F)(F)F)ccc2-c2cc(F)cnc21. The van der Waals surface area contributed by atoms with Crippen molar-refractivity contribution in [2.75, 3.05) is 47.9 Å². The molecule has 4 rings (SSSR count). The molecular weight excluding hydrogens is 516 g/mol. The fourth-order valence-electron chi connectivity index (χ4n) is 4.16. The number of anilines is 4. The summed E-state index contributed by atoms with van der Waals surface area (Å²) in [4.78, 5) is 19.1. The topological polar surface area (TPSA) is 80.7 Å². The Hall–Kier alpha value is -3.84. The fourth-order valence-corrected chi connectivity index (χ4v) is 4.16. The van der Waals surface area contributed by atoms with Crippen molar-refractivity contribution < 1.29 is 36.2 Å². The molecule has 0 spiro atoms. The van der Waals surface area contributed by atoms with Crippen LogP contribution < -0.4 is 20.4 Å². The van der Waals surface area contributed by atoms with Crippen molar-refractivity contribution in [2.45, 2.75) is 13.1 Å². The molecule has 2 aromatic carbocycles. The van der Waals surface area contributed by atoms with Crippen molar-refractivity contribution >= 4 is 28.9 Å². The maximum Gasteiger partial charge on any atom is 0.416 e. The van der Waals surface area contributed by atoms with E-state index >= 15 is 8.78 Å². The maximum atomic E-state index is 15.4. The highest BCUT2D eigenvalue weighted by molar-refractivity contribution is 6.14. The van der Waals surface area contributed by atoms with Crippen LogP contribution >= 0.6 is 0 Å². The second-order valence-corrected chi connectivity index (χ2v) is 8.31. The number of pyridine rings is 1. The number of alkyl halides is 3. The highest BCUT2D eigenvalue weighted by Gasteiger charge is 2.39. The minimum absolute atomic E-state index is 0.0130. The Morgan fingerprint density at radius 1 is 0.974 bits per heavy atom. The van der Waals surface area contributed by atoms with E-state index in [9.17, 15) is 22.4 Å². The van der Waals surface area contributed by atoms with Crippen LogP contribution in [0.25, 0.3) is 11.1 Å². The van der Waals surface area contributed by atoms with Crippen molar-refractivity contribution in [1.82, 2.24) is 10.3 Å². The molecule has 3 N–H and O–H groups in total. The quantitative estimate of drug-likeness (QED) is 0.268. The molecule has 0 aliphatic carbocycles. The number of nitrogens with zero attached hydrogens (tertiary/aromatic N) is 3. The van der Waals surface area contributed by atoms with Gasteiger partial charge in [-0.05, 0) is 37.3 Å². The number of halogens is 6. The van der Waals surface area contributed by atoms with Crippen molar-refractivity contribution in [1.29, 1.82) is 0 Å². The van der Waals surface area contributed by atoms with Gasteiger partial charge in [0.2, 0.25) is 0 Å². The molecule has 3 aromatic rings. The Morgan fingerprint density at radius 3 is 2.32 bits per heavy atom. The van der Waals surface area contributed by atoms with E-state index in [1.165, 1.54) is 6.92 Å². The summed E-state index contributed by atoms with van der Waals surface area (Å²) in [5, 5.41) is 14.5. The molecule has 0 radical (unpaired) electrons. The molecule has 38 heavy (non-hydrogen) atoms. The van der Waals surface area contributed by atoms with Gasteiger partial charge in [-0.2, -0.15) is 13.2 Å². The van der Waals surface area contributed by atoms with E-state index < -0.39 is 46.6 Å². The van der Waals surface area contributed by atoms with Crippen LogP contribution in [0.2, 0.25) is 0 Å². The first kappa shape index (κ1) is 27.2. The lowest BCUT2D eigenvalue weighted by Crippen LogP contribution is -2.41. The Kier molecular flexibility index (Phi) is 7.78. The molecule has 0 saturated carbocycles. The normalized spacial score (nSPS) is 13.3. The van der Waals surface area contributed by atoms with E-state index in [0.29, 0.717) is 24.1 Å². The summed E-state index contributed by atoms with van der Waals surface area (Å²) in [6, 6.07) is 4.11. The third-order valence-corrected chi connectivity index (χ3v) is 5.84. The number of aliphatic hydroxyl groups is 1. The van der Waals surface area contributed by atoms with Gasteiger partial charge in [0.25, 0.3) is 0 Å². The summed E-state index contributed by atoms with van der Waals surface area (Å²) in [7, 11) is 0. The number of carbonyl (C=O) groups is 1. The first-order valence-electron chi connectivity index (χ1n) is 11.6. The first-order valence-corrected chi connectivity index (χ1v) is 11.6. The number of aliphatic hydroxyl groups excluding tert-OH is 1. The van der Waals surface area contributed by atoms with Gasteiger partial charge in [0.15, 0.2) is 11.6 Å². The Morgan fingerprint density at radius 2 is 1.68 bits per heavy atom. The average Bonchev–Trinajstić information content (AvgIpc) is 2.95. The number of carbonyl (C=O) groups excluding carboxylic acids is 1. The number of fused-ring (bicyclic) bond motifs is 3. The average molecular weight is 539 g/mol. The molecule has 1 aromatic heterocycles. The first-order chi connectivity index (χ1) is 18.1. The molecule has 1 aliphatic rings. The van der Waals surface area contributed by atoms with Crippen LogP contribution in [-0.4, -0.2) is 48.9 Å². The summed E-state index contributed by atoms with van der Waals surface area (Å²) in [6.45, 7) is 2.32. The van der Waals surface area contributed by atoms with Gasteiger partial charge in [0.1, 0.15) is 17.3 Å². The van der Waals surface area contributed by atoms with E-state index in [-0.39, 0.29) is 42.3 Å². The van der Waals surface area contributed by atoms with Crippen LogP contribution in [0.5, 0.6) is 0 Å². The van der Waals surface area contributed by atoms with Crippen LogP contribution in [0.1, 0.15) is 12.5 Å². The molecule has 0 fully saturated rings. The largest absolute Gasteiger partial charge is 0.416 e. The molecule has 0 unspecified atom stereocenters. The van der Waals surface area contributed by atoms with Gasteiger partial charge in [-0.3, -0.25) is 9.80 Å². The number of benzene rings is 2. The summed E-state index contributed by atoms with van der Waals surface area (Å²) in [5.74, 6) is -3.31. The molecule has 13 heteroatoms. The summed E-state index contributed by atoms with van der Waals surface area (Å²) in [5.41, 5.74) is -2.60. The van der Waals surface area contributed by atoms with Crippen LogP contribution in [0, 0.1) is 17.5 Å². The second-order valence-electron chi connectivity index (χ2n) is 8.31. The molecule has 1 aliphatic heterocycles. The molecule has 7 nitrogen and oxygen atoms in total. The molecule has 0 atom stereocenters. The standard InChI is InChI=1S/C25H23F6N5O2/c1-2-35-23-18(10-15(26)13-34-23)17-4-3-14(25(29,30)31)9-21(17)36(24(35)38)22-19(27)11-16(12-20(22)28)33-6-5-32-7-8-37/h3-4,9-13,32-33,37H,2,5-8H2,1H3. The third kappa shape index (κ3) is 5.24. The van der Waals surface area contributed by atoms with Crippen LogP contribution in [0.4, 0.5) is 54.0 Å². The van der Waals surface area contributed by atoms with Gasteiger partial charge in [0.05, 0.1) is 24.1 Å². The fraction of sp³-hybridized carbons (Fsp3) is 0.280. The van der Waals surface area contributed by atoms with Gasteiger partial charge in [-0.15, -0.1) is 0 Å². The zero-order valence-corrected chi connectivity index (χ0v) is 20.0. The van der Waals surface area contributed by atoms with E-state index in [0.717, 1.165) is 41.4 Å². The summed E-state index contributed by atoms with van der Waals surface area (Å²) >= 11 is 0. The van der Waals surface area contributed by atoms with E-state index in [2.05, 4.69) is 15.6 Å². The number of amides is 2. The number of urea groups is 1. The summed E-state index contributed by atoms with van der Waals surface area (Å²) in [6.07, 6.45) is -4.00. The Balaban J connectivity index is 1.88. The zero-order valence-electron chi connectivity index (χ0n) is 20.0. The number of hydrogen-bond acceptors (Lipinski definition) is 5. The van der Waals surface area contributed by atoms with Gasteiger partial charge >= 0.3 is 12.2 Å². The molecule has 202 valence electrons. The monoisotopic (exact) mass is 539 g/mol. The van der Waals surface area contributed by atoms with Crippen molar-refractivity contribution in [2.24, 2.45) is 0 Å². The Labute approximate surface area is 213 Å². The van der Waals surface area contributed by atoms with Crippen LogP contribution in [0.3, 0.4) is 0 Å².